The van der Waals surface area contributed by atoms with Crippen LogP contribution in [0.25, 0.3) is 0 Å². The summed E-state index contributed by atoms with van der Waals surface area (Å²) < 4.78 is 25.8. The third kappa shape index (κ3) is 2.15. The summed E-state index contributed by atoms with van der Waals surface area (Å²) in [6, 6.07) is 4.92. The van der Waals surface area contributed by atoms with Gasteiger partial charge in [-0.25, -0.2) is 8.42 Å². The molecule has 1 aromatic carbocycles. The number of nitrogens with zero attached hydrogens (tertiary/aromatic N) is 1. The Hall–Kier alpha value is -1.11. The zero-order chi connectivity index (χ0) is 12.6. The highest BCUT2D eigenvalue weighted by molar-refractivity contribution is 7.89. The maximum absolute atomic E-state index is 12.3. The van der Waals surface area contributed by atoms with Gasteiger partial charge in [-0.2, -0.15) is 4.31 Å². The number of hydrogen-bond donors (Lipinski definition) is 2. The molecule has 0 aromatic heterocycles. The maximum atomic E-state index is 12.3. The molecule has 3 N–H and O–H groups in total. The summed E-state index contributed by atoms with van der Waals surface area (Å²) in [4.78, 5) is 0.256. The summed E-state index contributed by atoms with van der Waals surface area (Å²) in [6.07, 6.45) is 0.0847. The molecule has 0 bridgehead atoms. The molecule has 0 aliphatic carbocycles. The van der Waals surface area contributed by atoms with Crippen molar-refractivity contribution in [2.24, 2.45) is 0 Å². The number of nitrogens with two attached hydrogens (primary N) is 1. The lowest BCUT2D eigenvalue weighted by Crippen LogP contribution is -2.53. The number of nitrogen functional groups attached to an aromatic ring is 1. The zero-order valence-electron chi connectivity index (χ0n) is 9.63. The second kappa shape index (κ2) is 4.29. The molecule has 1 fully saturated rings. The standard InChI is InChI=1S/C11H16N2O3S/c1-2-8-3-4-9(12)5-11(8)17(15,16)13-6-10(14)7-13/h3-5,10,14H,2,6-7,12H2,1H3. The van der Waals surface area contributed by atoms with Crippen LogP contribution >= 0.6 is 0 Å². The molecule has 1 aliphatic heterocycles. The Morgan fingerprint density at radius 3 is 2.65 bits per heavy atom. The smallest absolute Gasteiger partial charge is 0.243 e. The number of β-amino-alcohol motifs (C(OH)–C–C–N with tert-alkyl or cyclic N) is 1. The van der Waals surface area contributed by atoms with Crippen molar-refractivity contribution in [3.63, 3.8) is 0 Å². The largest absolute Gasteiger partial charge is 0.399 e. The van der Waals surface area contributed by atoms with Crippen molar-refractivity contribution in [2.75, 3.05) is 18.8 Å². The van der Waals surface area contributed by atoms with E-state index < -0.39 is 16.1 Å². The van der Waals surface area contributed by atoms with E-state index in [9.17, 15) is 13.5 Å². The minimum Gasteiger partial charge on any atom is -0.399 e. The van der Waals surface area contributed by atoms with Crippen molar-refractivity contribution < 1.29 is 13.5 Å². The van der Waals surface area contributed by atoms with Crippen LogP contribution in [-0.4, -0.2) is 37.0 Å². The minimum absolute atomic E-state index is 0.167. The highest BCUT2D eigenvalue weighted by Gasteiger charge is 2.36. The Labute approximate surface area is 101 Å². The van der Waals surface area contributed by atoms with Crippen LogP contribution in [0.4, 0.5) is 5.69 Å². The first-order chi connectivity index (χ1) is 7.95. The highest BCUT2D eigenvalue weighted by Crippen LogP contribution is 2.26. The van der Waals surface area contributed by atoms with E-state index in [-0.39, 0.29) is 18.0 Å². The summed E-state index contributed by atoms with van der Waals surface area (Å²) in [5.74, 6) is 0. The van der Waals surface area contributed by atoms with Crippen molar-refractivity contribution >= 4 is 15.7 Å². The Morgan fingerprint density at radius 1 is 1.47 bits per heavy atom. The van der Waals surface area contributed by atoms with Crippen molar-refractivity contribution in [2.45, 2.75) is 24.3 Å². The summed E-state index contributed by atoms with van der Waals surface area (Å²) in [7, 11) is -3.51. The molecule has 2 rings (SSSR count). The molecule has 0 unspecified atom stereocenters. The van der Waals surface area contributed by atoms with Crippen molar-refractivity contribution in [1.82, 2.24) is 4.31 Å². The number of aliphatic hydroxyl groups excluding tert-OH is 1. The first-order valence-electron chi connectivity index (χ1n) is 5.51. The van der Waals surface area contributed by atoms with Gasteiger partial charge in [-0.1, -0.05) is 13.0 Å². The molecule has 17 heavy (non-hydrogen) atoms. The van der Waals surface area contributed by atoms with Crippen molar-refractivity contribution in [3.8, 4) is 0 Å². The van der Waals surface area contributed by atoms with Gasteiger partial charge in [0.25, 0.3) is 0 Å². The molecule has 94 valence electrons. The van der Waals surface area contributed by atoms with E-state index in [1.807, 2.05) is 6.92 Å². The lowest BCUT2D eigenvalue weighted by molar-refractivity contribution is 0.0547. The zero-order valence-corrected chi connectivity index (χ0v) is 10.4. The molecular weight excluding hydrogens is 240 g/mol. The molecule has 0 radical (unpaired) electrons. The predicted octanol–water partition coefficient (Wildman–Crippen LogP) is 0.196. The normalized spacial score (nSPS) is 18.0. The molecule has 5 nitrogen and oxygen atoms in total. The van der Waals surface area contributed by atoms with Crippen molar-refractivity contribution in [3.05, 3.63) is 23.8 Å². The molecule has 0 spiro atoms. The van der Waals surface area contributed by atoms with E-state index in [4.69, 9.17) is 5.73 Å². The fourth-order valence-corrected chi connectivity index (χ4v) is 3.70. The summed E-state index contributed by atoms with van der Waals surface area (Å²) >= 11 is 0. The maximum Gasteiger partial charge on any atom is 0.243 e. The van der Waals surface area contributed by atoms with Gasteiger partial charge in [0.05, 0.1) is 11.0 Å². The minimum atomic E-state index is -3.51. The predicted molar refractivity (Wildman–Crippen MR) is 65.0 cm³/mol. The van der Waals surface area contributed by atoms with E-state index >= 15 is 0 Å². The lowest BCUT2D eigenvalue weighted by Gasteiger charge is -2.35. The summed E-state index contributed by atoms with van der Waals surface area (Å²) in [5, 5.41) is 9.18. The third-order valence-corrected chi connectivity index (χ3v) is 4.83. The van der Waals surface area contributed by atoms with Gasteiger partial charge in [-0.3, -0.25) is 0 Å². The average molecular weight is 256 g/mol. The first kappa shape index (κ1) is 12.3. The monoisotopic (exact) mass is 256 g/mol. The summed E-state index contributed by atoms with van der Waals surface area (Å²) in [5.41, 5.74) is 6.82. The number of aryl methyl sites for hydroxylation is 1. The topological polar surface area (TPSA) is 83.6 Å². The number of anilines is 1. The molecule has 1 aliphatic rings. The van der Waals surface area contributed by atoms with E-state index in [0.717, 1.165) is 5.56 Å². The van der Waals surface area contributed by atoms with Crippen LogP contribution in [0.3, 0.4) is 0 Å². The van der Waals surface area contributed by atoms with Gasteiger partial charge in [0.1, 0.15) is 0 Å². The number of benzene rings is 1. The van der Waals surface area contributed by atoms with Gasteiger partial charge in [0.2, 0.25) is 10.0 Å². The van der Waals surface area contributed by atoms with Crippen LogP contribution in [0, 0.1) is 0 Å². The molecular formula is C11H16N2O3S. The van der Waals surface area contributed by atoms with Crippen molar-refractivity contribution in [1.29, 1.82) is 0 Å². The highest BCUT2D eigenvalue weighted by atomic mass is 32.2. The molecule has 1 aromatic rings. The Morgan fingerprint density at radius 2 is 2.12 bits per heavy atom. The number of rotatable bonds is 3. The SMILES string of the molecule is CCc1ccc(N)cc1S(=O)(=O)N1CC(O)C1. The third-order valence-electron chi connectivity index (χ3n) is 2.92. The number of hydrogen-bond acceptors (Lipinski definition) is 4. The van der Waals surface area contributed by atoms with Gasteiger partial charge in [-0.05, 0) is 24.1 Å². The van der Waals surface area contributed by atoms with Gasteiger partial charge >= 0.3 is 0 Å². The molecule has 0 amide bonds. The molecule has 1 saturated heterocycles. The van der Waals surface area contributed by atoms with Crippen LogP contribution in [0.2, 0.25) is 0 Å². The second-order valence-corrected chi connectivity index (χ2v) is 6.10. The van der Waals surface area contributed by atoms with E-state index in [1.165, 1.54) is 10.4 Å². The van der Waals surface area contributed by atoms with E-state index in [1.54, 1.807) is 12.1 Å². The number of aliphatic hydroxyl groups is 1. The molecule has 0 saturated carbocycles. The van der Waals surface area contributed by atoms with Gasteiger partial charge in [0.15, 0.2) is 0 Å². The quantitative estimate of drug-likeness (QED) is 0.757. The Bertz CT molecular complexity index is 522. The summed E-state index contributed by atoms with van der Waals surface area (Å²) in [6.45, 7) is 2.23. The van der Waals surface area contributed by atoms with Gasteiger partial charge in [0, 0.05) is 18.8 Å². The Kier molecular flexibility index (Phi) is 3.11. The van der Waals surface area contributed by atoms with E-state index in [2.05, 4.69) is 0 Å². The van der Waals surface area contributed by atoms with Crippen LogP contribution < -0.4 is 5.73 Å². The first-order valence-corrected chi connectivity index (χ1v) is 6.95. The van der Waals surface area contributed by atoms with Crippen LogP contribution in [-0.2, 0) is 16.4 Å². The number of sulfonamides is 1. The molecule has 6 heteroatoms. The average Bonchev–Trinajstić information content (AvgIpc) is 2.24. The van der Waals surface area contributed by atoms with E-state index in [0.29, 0.717) is 12.1 Å². The van der Waals surface area contributed by atoms with Crippen LogP contribution in [0.5, 0.6) is 0 Å². The molecule has 0 atom stereocenters. The molecule has 1 heterocycles. The van der Waals surface area contributed by atoms with Gasteiger partial charge < -0.3 is 10.8 Å². The fourth-order valence-electron chi connectivity index (χ4n) is 1.86. The Balaban J connectivity index is 2.42. The van der Waals surface area contributed by atoms with Gasteiger partial charge in [-0.15, -0.1) is 0 Å². The van der Waals surface area contributed by atoms with Crippen LogP contribution in [0.15, 0.2) is 23.1 Å². The van der Waals surface area contributed by atoms with Crippen LogP contribution in [0.1, 0.15) is 12.5 Å². The lowest BCUT2D eigenvalue weighted by atomic mass is 10.1. The fraction of sp³-hybridized carbons (Fsp3) is 0.455. The second-order valence-electron chi connectivity index (χ2n) is 4.20.